The van der Waals surface area contributed by atoms with E-state index in [1.165, 1.54) is 0 Å². The van der Waals surface area contributed by atoms with E-state index in [4.69, 9.17) is 27.9 Å². The number of carbonyl (C=O) groups is 1. The second-order valence-electron chi connectivity index (χ2n) is 5.16. The molecule has 1 aliphatic heterocycles. The van der Waals surface area contributed by atoms with Gasteiger partial charge in [0, 0.05) is 28.8 Å². The normalized spacial score (nSPS) is 23.6. The van der Waals surface area contributed by atoms with Crippen molar-refractivity contribution in [3.63, 3.8) is 0 Å². The van der Waals surface area contributed by atoms with E-state index in [1.54, 1.807) is 18.2 Å². The molecule has 2 rings (SSSR count). The number of rotatable bonds is 3. The lowest BCUT2D eigenvalue weighted by molar-refractivity contribution is -0.121. The van der Waals surface area contributed by atoms with Gasteiger partial charge in [-0.15, -0.1) is 0 Å². The lowest BCUT2D eigenvalue weighted by Crippen LogP contribution is -2.48. The monoisotopic (exact) mass is 316 g/mol. The smallest absolute Gasteiger partial charge is 0.238 e. The van der Waals surface area contributed by atoms with Crippen LogP contribution in [0, 0.1) is 0 Å². The molecular formula is C14H18Cl2N2O2. The van der Waals surface area contributed by atoms with Crippen LogP contribution >= 0.6 is 23.2 Å². The highest BCUT2D eigenvalue weighted by molar-refractivity contribution is 6.35. The fourth-order valence-electron chi connectivity index (χ4n) is 2.44. The Morgan fingerprint density at radius 1 is 1.25 bits per heavy atom. The van der Waals surface area contributed by atoms with Crippen LogP contribution in [0.5, 0.6) is 0 Å². The van der Waals surface area contributed by atoms with E-state index in [0.717, 1.165) is 13.1 Å². The molecule has 1 amide bonds. The molecule has 1 heterocycles. The SMILES string of the molecule is C[C@@H]1CN(CC(=O)Nc2cc(Cl)cc(Cl)c2)C[C@H](C)O1. The first kappa shape index (κ1) is 15.6. The maximum absolute atomic E-state index is 12.0. The van der Waals surface area contributed by atoms with Crippen LogP contribution in [0.2, 0.25) is 10.0 Å². The molecule has 4 nitrogen and oxygen atoms in total. The van der Waals surface area contributed by atoms with Gasteiger partial charge in [0.15, 0.2) is 0 Å². The number of halogens is 2. The van der Waals surface area contributed by atoms with E-state index >= 15 is 0 Å². The van der Waals surface area contributed by atoms with Gasteiger partial charge in [-0.1, -0.05) is 23.2 Å². The van der Waals surface area contributed by atoms with Gasteiger partial charge in [-0.2, -0.15) is 0 Å². The molecule has 1 aliphatic rings. The largest absolute Gasteiger partial charge is 0.373 e. The predicted octanol–water partition coefficient (Wildman–Crippen LogP) is 3.04. The van der Waals surface area contributed by atoms with Crippen molar-refractivity contribution in [1.29, 1.82) is 0 Å². The zero-order valence-corrected chi connectivity index (χ0v) is 13.0. The predicted molar refractivity (Wildman–Crippen MR) is 81.5 cm³/mol. The van der Waals surface area contributed by atoms with Gasteiger partial charge in [0.2, 0.25) is 5.91 Å². The maximum Gasteiger partial charge on any atom is 0.238 e. The number of benzene rings is 1. The number of amides is 1. The second kappa shape index (κ2) is 6.76. The van der Waals surface area contributed by atoms with Gasteiger partial charge in [-0.3, -0.25) is 9.69 Å². The van der Waals surface area contributed by atoms with Crippen molar-refractivity contribution >= 4 is 34.8 Å². The summed E-state index contributed by atoms with van der Waals surface area (Å²) in [6.07, 6.45) is 0.291. The van der Waals surface area contributed by atoms with Gasteiger partial charge in [0.25, 0.3) is 0 Å². The highest BCUT2D eigenvalue weighted by Crippen LogP contribution is 2.22. The first-order valence-electron chi connectivity index (χ1n) is 6.56. The van der Waals surface area contributed by atoms with Crippen LogP contribution in [0.3, 0.4) is 0 Å². The topological polar surface area (TPSA) is 41.6 Å². The van der Waals surface area contributed by atoms with Gasteiger partial charge in [-0.25, -0.2) is 0 Å². The summed E-state index contributed by atoms with van der Waals surface area (Å²) in [4.78, 5) is 14.1. The van der Waals surface area contributed by atoms with Gasteiger partial charge in [0.05, 0.1) is 18.8 Å². The zero-order valence-electron chi connectivity index (χ0n) is 11.5. The molecule has 0 radical (unpaired) electrons. The Hall–Kier alpha value is -0.810. The Morgan fingerprint density at radius 3 is 2.35 bits per heavy atom. The Bertz CT molecular complexity index is 466. The lowest BCUT2D eigenvalue weighted by Gasteiger charge is -2.34. The minimum absolute atomic E-state index is 0.0790. The molecule has 0 bridgehead atoms. The summed E-state index contributed by atoms with van der Waals surface area (Å²) in [7, 11) is 0. The van der Waals surface area contributed by atoms with E-state index in [9.17, 15) is 4.79 Å². The molecule has 1 fully saturated rings. The Kier molecular flexibility index (Phi) is 5.27. The van der Waals surface area contributed by atoms with Crippen molar-refractivity contribution in [2.24, 2.45) is 0 Å². The van der Waals surface area contributed by atoms with Crippen molar-refractivity contribution in [1.82, 2.24) is 4.90 Å². The molecule has 1 N–H and O–H groups in total. The molecule has 1 aromatic rings. The summed E-state index contributed by atoms with van der Waals surface area (Å²) in [5.41, 5.74) is 0.613. The van der Waals surface area contributed by atoms with Crippen LogP contribution < -0.4 is 5.32 Å². The summed E-state index contributed by atoms with van der Waals surface area (Å²) in [6.45, 7) is 5.87. The molecule has 0 saturated carbocycles. The Labute approximate surface area is 129 Å². The van der Waals surface area contributed by atoms with E-state index < -0.39 is 0 Å². The van der Waals surface area contributed by atoms with Crippen molar-refractivity contribution in [2.75, 3.05) is 25.0 Å². The third-order valence-electron chi connectivity index (χ3n) is 3.01. The van der Waals surface area contributed by atoms with E-state index in [0.29, 0.717) is 22.3 Å². The maximum atomic E-state index is 12.0. The number of nitrogens with one attached hydrogen (secondary N) is 1. The molecule has 1 saturated heterocycles. The minimum Gasteiger partial charge on any atom is -0.373 e. The minimum atomic E-state index is -0.0790. The summed E-state index contributed by atoms with van der Waals surface area (Å²) in [5, 5.41) is 3.81. The molecule has 0 spiro atoms. The fraction of sp³-hybridized carbons (Fsp3) is 0.500. The molecule has 0 aromatic heterocycles. The first-order valence-corrected chi connectivity index (χ1v) is 7.31. The number of carbonyl (C=O) groups excluding carboxylic acids is 1. The van der Waals surface area contributed by atoms with Gasteiger partial charge in [-0.05, 0) is 32.0 Å². The molecule has 20 heavy (non-hydrogen) atoms. The number of nitrogens with zero attached hydrogens (tertiary/aromatic N) is 1. The van der Waals surface area contributed by atoms with Gasteiger partial charge < -0.3 is 10.1 Å². The quantitative estimate of drug-likeness (QED) is 0.932. The molecule has 2 atom stereocenters. The third kappa shape index (κ3) is 4.63. The highest BCUT2D eigenvalue weighted by Gasteiger charge is 2.23. The Morgan fingerprint density at radius 2 is 1.80 bits per heavy atom. The number of ether oxygens (including phenoxy) is 1. The van der Waals surface area contributed by atoms with Crippen LogP contribution in [0.15, 0.2) is 18.2 Å². The highest BCUT2D eigenvalue weighted by atomic mass is 35.5. The van der Waals surface area contributed by atoms with Crippen molar-refractivity contribution in [2.45, 2.75) is 26.1 Å². The summed E-state index contributed by atoms with van der Waals surface area (Å²) in [6, 6.07) is 4.98. The van der Waals surface area contributed by atoms with E-state index in [2.05, 4.69) is 10.2 Å². The van der Waals surface area contributed by atoms with Crippen LogP contribution in [0.25, 0.3) is 0 Å². The fourth-order valence-corrected chi connectivity index (χ4v) is 2.97. The van der Waals surface area contributed by atoms with Crippen LogP contribution in [0.1, 0.15) is 13.8 Å². The summed E-state index contributed by atoms with van der Waals surface area (Å²) >= 11 is 11.8. The van der Waals surface area contributed by atoms with Crippen LogP contribution in [-0.2, 0) is 9.53 Å². The van der Waals surface area contributed by atoms with Crippen LogP contribution in [0.4, 0.5) is 5.69 Å². The molecule has 110 valence electrons. The van der Waals surface area contributed by atoms with Gasteiger partial charge >= 0.3 is 0 Å². The zero-order chi connectivity index (χ0) is 14.7. The standard InChI is InChI=1S/C14H18Cl2N2O2/c1-9-6-18(7-10(2)20-9)8-14(19)17-13-4-11(15)3-12(16)5-13/h3-5,9-10H,6-8H2,1-2H3,(H,17,19)/t9-,10+. The lowest BCUT2D eigenvalue weighted by atomic mass is 10.2. The van der Waals surface area contributed by atoms with E-state index in [-0.39, 0.29) is 18.1 Å². The molecule has 6 heteroatoms. The van der Waals surface area contributed by atoms with Crippen molar-refractivity contribution in [3.8, 4) is 0 Å². The number of morpholine rings is 1. The Balaban J connectivity index is 1.92. The van der Waals surface area contributed by atoms with Gasteiger partial charge in [0.1, 0.15) is 0 Å². The summed E-state index contributed by atoms with van der Waals surface area (Å²) in [5.74, 6) is -0.0790. The van der Waals surface area contributed by atoms with Crippen molar-refractivity contribution in [3.05, 3.63) is 28.2 Å². The number of anilines is 1. The average molecular weight is 317 g/mol. The first-order chi connectivity index (χ1) is 9.42. The molecule has 0 unspecified atom stereocenters. The second-order valence-corrected chi connectivity index (χ2v) is 6.03. The third-order valence-corrected chi connectivity index (χ3v) is 3.45. The number of hydrogen-bond acceptors (Lipinski definition) is 3. The van der Waals surface area contributed by atoms with Crippen molar-refractivity contribution < 1.29 is 9.53 Å². The van der Waals surface area contributed by atoms with E-state index in [1.807, 2.05) is 13.8 Å². The average Bonchev–Trinajstić information content (AvgIpc) is 2.24. The summed E-state index contributed by atoms with van der Waals surface area (Å²) < 4.78 is 5.64. The molecule has 1 aromatic carbocycles. The molecular weight excluding hydrogens is 299 g/mol. The molecule has 0 aliphatic carbocycles. The number of hydrogen-bond donors (Lipinski definition) is 1. The van der Waals surface area contributed by atoms with Crippen LogP contribution in [-0.4, -0.2) is 42.6 Å².